The van der Waals surface area contributed by atoms with Crippen LogP contribution in [0.4, 0.5) is 0 Å². The summed E-state index contributed by atoms with van der Waals surface area (Å²) in [6.07, 6.45) is 3.29. The van der Waals surface area contributed by atoms with Crippen molar-refractivity contribution in [2.24, 2.45) is 0 Å². The van der Waals surface area contributed by atoms with Crippen LogP contribution in [0.3, 0.4) is 0 Å². The Morgan fingerprint density at radius 2 is 1.83 bits per heavy atom. The number of fused-ring (bicyclic) bond motifs is 1. The van der Waals surface area contributed by atoms with Gasteiger partial charge in [0, 0.05) is 43.2 Å². The molecule has 1 saturated heterocycles. The first-order chi connectivity index (χ1) is 13.8. The van der Waals surface area contributed by atoms with E-state index in [2.05, 4.69) is 4.98 Å². The van der Waals surface area contributed by atoms with Crippen molar-refractivity contribution in [3.8, 4) is 0 Å². The highest BCUT2D eigenvalue weighted by Gasteiger charge is 2.29. The van der Waals surface area contributed by atoms with Crippen molar-refractivity contribution in [1.29, 1.82) is 0 Å². The molecule has 1 aromatic heterocycles. The monoisotopic (exact) mass is 417 g/mol. The Kier molecular flexibility index (Phi) is 5.26. The Hall–Kier alpha value is -2.52. The third-order valence-electron chi connectivity index (χ3n) is 5.34. The predicted molar refractivity (Wildman–Crippen MR) is 107 cm³/mol. The van der Waals surface area contributed by atoms with Gasteiger partial charge in [0.25, 0.3) is 5.91 Å². The summed E-state index contributed by atoms with van der Waals surface area (Å²) in [5.41, 5.74) is 2.05. The molecule has 154 valence electrons. The Morgan fingerprint density at radius 3 is 2.48 bits per heavy atom. The SMILES string of the molecule is CS(=O)(=O)N1CCN(C(=O)COC(=O)c2cc(C3CC3)nc3ccccc23)CC1. The van der Waals surface area contributed by atoms with E-state index in [0.717, 1.165) is 30.3 Å². The van der Waals surface area contributed by atoms with Crippen LogP contribution in [0.25, 0.3) is 10.9 Å². The largest absolute Gasteiger partial charge is 0.452 e. The van der Waals surface area contributed by atoms with E-state index in [1.54, 1.807) is 6.07 Å². The fourth-order valence-electron chi connectivity index (χ4n) is 3.52. The molecule has 8 nitrogen and oxygen atoms in total. The Balaban J connectivity index is 1.42. The van der Waals surface area contributed by atoms with Crippen molar-refractivity contribution in [3.63, 3.8) is 0 Å². The summed E-state index contributed by atoms with van der Waals surface area (Å²) in [5, 5.41) is 0.705. The van der Waals surface area contributed by atoms with Crippen LogP contribution in [-0.2, 0) is 19.6 Å². The highest BCUT2D eigenvalue weighted by Crippen LogP contribution is 2.40. The molecule has 0 radical (unpaired) electrons. The van der Waals surface area contributed by atoms with Gasteiger partial charge in [0.15, 0.2) is 6.61 Å². The number of piperazine rings is 1. The van der Waals surface area contributed by atoms with Gasteiger partial charge in [-0.25, -0.2) is 13.2 Å². The smallest absolute Gasteiger partial charge is 0.339 e. The highest BCUT2D eigenvalue weighted by molar-refractivity contribution is 7.88. The van der Waals surface area contributed by atoms with Gasteiger partial charge in [-0.05, 0) is 25.0 Å². The Bertz CT molecular complexity index is 1060. The third-order valence-corrected chi connectivity index (χ3v) is 6.64. The molecule has 1 aliphatic heterocycles. The molecule has 9 heteroatoms. The van der Waals surface area contributed by atoms with Crippen LogP contribution in [0, 0.1) is 0 Å². The average Bonchev–Trinajstić information content (AvgIpc) is 3.56. The summed E-state index contributed by atoms with van der Waals surface area (Å²) < 4.78 is 29.8. The molecule has 0 atom stereocenters. The number of sulfonamides is 1. The predicted octanol–water partition coefficient (Wildman–Crippen LogP) is 1.37. The lowest BCUT2D eigenvalue weighted by molar-refractivity contribution is -0.135. The van der Waals surface area contributed by atoms with Crippen LogP contribution in [0.1, 0.15) is 34.8 Å². The van der Waals surface area contributed by atoms with E-state index in [4.69, 9.17) is 4.74 Å². The maximum atomic E-state index is 12.7. The number of carbonyl (C=O) groups is 2. The number of rotatable bonds is 5. The van der Waals surface area contributed by atoms with Gasteiger partial charge in [0.1, 0.15) is 0 Å². The molecule has 1 saturated carbocycles. The molecule has 2 aromatic rings. The number of para-hydroxylation sites is 1. The van der Waals surface area contributed by atoms with Crippen molar-refractivity contribution in [2.75, 3.05) is 39.0 Å². The van der Waals surface area contributed by atoms with E-state index in [1.165, 1.54) is 9.21 Å². The zero-order valence-corrected chi connectivity index (χ0v) is 17.0. The Morgan fingerprint density at radius 1 is 1.14 bits per heavy atom. The third kappa shape index (κ3) is 4.40. The topological polar surface area (TPSA) is 96.9 Å². The summed E-state index contributed by atoms with van der Waals surface area (Å²) in [6.45, 7) is 0.699. The molecule has 1 aromatic carbocycles. The van der Waals surface area contributed by atoms with E-state index in [-0.39, 0.29) is 38.7 Å². The van der Waals surface area contributed by atoms with Gasteiger partial charge in [0.05, 0.1) is 17.3 Å². The van der Waals surface area contributed by atoms with E-state index in [0.29, 0.717) is 16.9 Å². The van der Waals surface area contributed by atoms with Crippen molar-refractivity contribution < 1.29 is 22.7 Å². The molecule has 4 rings (SSSR count). The maximum absolute atomic E-state index is 12.7. The van der Waals surface area contributed by atoms with Crippen LogP contribution in [-0.4, -0.2) is 73.5 Å². The number of ether oxygens (including phenoxy) is 1. The first-order valence-electron chi connectivity index (χ1n) is 9.62. The van der Waals surface area contributed by atoms with Gasteiger partial charge < -0.3 is 9.64 Å². The molecule has 1 aliphatic carbocycles. The summed E-state index contributed by atoms with van der Waals surface area (Å²) in [5.74, 6) is -0.486. The number of hydrogen-bond donors (Lipinski definition) is 0. The van der Waals surface area contributed by atoms with E-state index in [1.807, 2.05) is 24.3 Å². The van der Waals surface area contributed by atoms with Crippen molar-refractivity contribution in [3.05, 3.63) is 41.6 Å². The number of aromatic nitrogens is 1. The van der Waals surface area contributed by atoms with Crippen molar-refractivity contribution in [1.82, 2.24) is 14.2 Å². The number of carbonyl (C=O) groups excluding carboxylic acids is 2. The molecule has 2 aliphatic rings. The molecule has 29 heavy (non-hydrogen) atoms. The number of amides is 1. The van der Waals surface area contributed by atoms with Gasteiger partial charge in [-0.1, -0.05) is 18.2 Å². The lowest BCUT2D eigenvalue weighted by Gasteiger charge is -2.33. The minimum Gasteiger partial charge on any atom is -0.452 e. The fourth-order valence-corrected chi connectivity index (χ4v) is 4.35. The first-order valence-corrected chi connectivity index (χ1v) is 11.5. The van der Waals surface area contributed by atoms with Crippen LogP contribution in [0.2, 0.25) is 0 Å². The van der Waals surface area contributed by atoms with Crippen LogP contribution >= 0.6 is 0 Å². The number of esters is 1. The molecular formula is C20H23N3O5S. The number of hydrogen-bond acceptors (Lipinski definition) is 6. The molecule has 1 amide bonds. The molecule has 0 N–H and O–H groups in total. The van der Waals surface area contributed by atoms with Gasteiger partial charge in [-0.3, -0.25) is 9.78 Å². The second kappa shape index (κ2) is 7.72. The molecule has 2 fully saturated rings. The lowest BCUT2D eigenvalue weighted by atomic mass is 10.1. The van der Waals surface area contributed by atoms with Gasteiger partial charge in [-0.15, -0.1) is 0 Å². The minimum atomic E-state index is -3.26. The second-order valence-electron chi connectivity index (χ2n) is 7.51. The number of benzene rings is 1. The quantitative estimate of drug-likeness (QED) is 0.682. The number of nitrogens with zero attached hydrogens (tertiary/aromatic N) is 3. The summed E-state index contributed by atoms with van der Waals surface area (Å²) in [7, 11) is -3.26. The standard InChI is InChI=1S/C20H23N3O5S/c1-29(26,27)23-10-8-22(9-11-23)19(24)13-28-20(25)16-12-18(14-6-7-14)21-17-5-3-2-4-15(16)17/h2-5,12,14H,6-11,13H2,1H3. The average molecular weight is 417 g/mol. The van der Waals surface area contributed by atoms with Gasteiger partial charge >= 0.3 is 5.97 Å². The Labute approximate surface area is 169 Å². The molecule has 0 unspecified atom stereocenters. The lowest BCUT2D eigenvalue weighted by Crippen LogP contribution is -2.51. The van der Waals surface area contributed by atoms with Crippen LogP contribution in [0.15, 0.2) is 30.3 Å². The highest BCUT2D eigenvalue weighted by atomic mass is 32.2. The fraction of sp³-hybridized carbons (Fsp3) is 0.450. The molecule has 2 heterocycles. The van der Waals surface area contributed by atoms with Crippen molar-refractivity contribution in [2.45, 2.75) is 18.8 Å². The minimum absolute atomic E-state index is 0.248. The van der Waals surface area contributed by atoms with Gasteiger partial charge in [-0.2, -0.15) is 4.31 Å². The van der Waals surface area contributed by atoms with Crippen LogP contribution < -0.4 is 0 Å². The van der Waals surface area contributed by atoms with Crippen molar-refractivity contribution >= 4 is 32.8 Å². The number of pyridine rings is 1. The normalized spacial score (nSPS) is 18.0. The van der Waals surface area contributed by atoms with E-state index >= 15 is 0 Å². The van der Waals surface area contributed by atoms with E-state index in [9.17, 15) is 18.0 Å². The maximum Gasteiger partial charge on any atom is 0.339 e. The summed E-state index contributed by atoms with van der Waals surface area (Å²) >= 11 is 0. The van der Waals surface area contributed by atoms with E-state index < -0.39 is 16.0 Å². The van der Waals surface area contributed by atoms with Crippen LogP contribution in [0.5, 0.6) is 0 Å². The second-order valence-corrected chi connectivity index (χ2v) is 9.49. The van der Waals surface area contributed by atoms with Gasteiger partial charge in [0.2, 0.25) is 10.0 Å². The molecule has 0 spiro atoms. The summed E-state index contributed by atoms with van der Waals surface area (Å²) in [6, 6.07) is 9.18. The first kappa shape index (κ1) is 19.8. The molecular weight excluding hydrogens is 394 g/mol. The summed E-state index contributed by atoms with van der Waals surface area (Å²) in [4.78, 5) is 31.3. The zero-order chi connectivity index (χ0) is 20.6. The molecule has 0 bridgehead atoms. The zero-order valence-electron chi connectivity index (χ0n) is 16.2.